The number of carbonyl (C=O) groups is 4. The first-order chi connectivity index (χ1) is 15.0. The van der Waals surface area contributed by atoms with E-state index in [0.29, 0.717) is 6.08 Å². The van der Waals surface area contributed by atoms with Crippen LogP contribution in [0.25, 0.3) is 0 Å². The molecule has 1 aromatic heterocycles. The smallest absolute Gasteiger partial charge is 0.352 e. The lowest BCUT2D eigenvalue weighted by Gasteiger charge is -2.10. The number of carbonyl (C=O) groups excluding carboxylic acids is 2. The van der Waals surface area contributed by atoms with Gasteiger partial charge in [-0.3, -0.25) is 10.2 Å². The number of hydrogen-bond donors (Lipinski definition) is 5. The average Bonchev–Trinajstić information content (AvgIpc) is 3.16. The molecule has 1 unspecified atom stereocenters. The number of halogens is 1. The Bertz CT molecular complexity index is 1120. The largest absolute Gasteiger partial charge is 0.478 e. The quantitative estimate of drug-likeness (QED) is 0.124. The van der Waals surface area contributed by atoms with Crippen LogP contribution in [0.15, 0.2) is 46.7 Å². The van der Waals surface area contributed by atoms with Crippen molar-refractivity contribution >= 4 is 29.7 Å². The first-order valence-corrected chi connectivity index (χ1v) is 8.90. The Morgan fingerprint density at radius 1 is 1.25 bits per heavy atom. The SMILES string of the molecule is CC(Cc1cc(C(=O)Oc2ccc(C(=N)N)cc2F)co1)C(=O)N/C(=C/C(=O)O)C(=O)O. The molecule has 0 radical (unpaired) electrons. The second-order valence-electron chi connectivity index (χ2n) is 6.55. The lowest BCUT2D eigenvalue weighted by molar-refractivity contribution is -0.136. The van der Waals surface area contributed by atoms with Gasteiger partial charge in [-0.15, -0.1) is 0 Å². The summed E-state index contributed by atoms with van der Waals surface area (Å²) in [6.07, 6.45) is 1.33. The van der Waals surface area contributed by atoms with E-state index in [1.807, 2.05) is 5.32 Å². The molecule has 0 aliphatic heterocycles. The summed E-state index contributed by atoms with van der Waals surface area (Å²) in [4.78, 5) is 46.0. The fraction of sp³-hybridized carbons (Fsp3) is 0.150. The molecule has 12 heteroatoms. The van der Waals surface area contributed by atoms with Crippen molar-refractivity contribution in [3.63, 3.8) is 0 Å². The van der Waals surface area contributed by atoms with E-state index in [1.54, 1.807) is 0 Å². The van der Waals surface area contributed by atoms with Crippen LogP contribution < -0.4 is 15.8 Å². The standard InChI is InChI=1S/C20H18FN3O8/c1-9(18(27)24-14(19(28)29)7-16(25)26)4-12-5-11(8-31-12)20(30)32-15-3-2-10(17(22)23)6-13(15)21/h2-3,5-9H,4H2,1H3,(H3,22,23)(H,24,27)(H,25,26)(H,28,29)/b14-7+. The van der Waals surface area contributed by atoms with Gasteiger partial charge in [-0.05, 0) is 24.3 Å². The minimum atomic E-state index is -1.63. The Hall–Kier alpha value is -4.48. The number of aliphatic carboxylic acids is 2. The molecule has 0 spiro atoms. The number of carboxylic acid groups (broad SMARTS) is 2. The predicted octanol–water partition coefficient (Wildman–Crippen LogP) is 1.27. The normalized spacial score (nSPS) is 12.0. The first kappa shape index (κ1) is 23.8. The van der Waals surface area contributed by atoms with E-state index in [2.05, 4.69) is 0 Å². The fourth-order valence-electron chi connectivity index (χ4n) is 2.43. The monoisotopic (exact) mass is 447 g/mol. The lowest BCUT2D eigenvalue weighted by atomic mass is 10.0. The highest BCUT2D eigenvalue weighted by atomic mass is 19.1. The molecule has 1 atom stereocenters. The van der Waals surface area contributed by atoms with Crippen molar-refractivity contribution in [3.05, 3.63) is 65.0 Å². The number of hydrogen-bond acceptors (Lipinski definition) is 7. The maximum Gasteiger partial charge on any atom is 0.352 e. The van der Waals surface area contributed by atoms with Crippen molar-refractivity contribution in [2.75, 3.05) is 0 Å². The number of esters is 1. The zero-order valence-electron chi connectivity index (χ0n) is 16.5. The minimum absolute atomic E-state index is 0.0548. The number of rotatable bonds is 9. The Labute approximate surface area is 179 Å². The third-order valence-corrected chi connectivity index (χ3v) is 4.05. The Kier molecular flexibility index (Phi) is 7.45. The van der Waals surface area contributed by atoms with Gasteiger partial charge in [0.15, 0.2) is 11.6 Å². The van der Waals surface area contributed by atoms with Crippen LogP contribution in [0, 0.1) is 17.1 Å². The number of amidine groups is 1. The summed E-state index contributed by atoms with van der Waals surface area (Å²) in [6.45, 7) is 1.43. The topological polar surface area (TPSA) is 193 Å². The van der Waals surface area contributed by atoms with Crippen LogP contribution in [0.2, 0.25) is 0 Å². The number of amides is 1. The highest BCUT2D eigenvalue weighted by Gasteiger charge is 2.21. The molecule has 2 aromatic rings. The summed E-state index contributed by atoms with van der Waals surface area (Å²) >= 11 is 0. The van der Waals surface area contributed by atoms with Crippen LogP contribution in [0.4, 0.5) is 4.39 Å². The average molecular weight is 447 g/mol. The maximum atomic E-state index is 14.0. The van der Waals surface area contributed by atoms with Crippen LogP contribution in [0.3, 0.4) is 0 Å². The number of nitrogen functional groups attached to an aromatic ring is 1. The molecule has 168 valence electrons. The van der Waals surface area contributed by atoms with Gasteiger partial charge in [-0.2, -0.15) is 0 Å². The van der Waals surface area contributed by atoms with Gasteiger partial charge in [0.05, 0.1) is 11.6 Å². The number of ether oxygens (including phenoxy) is 1. The molecule has 1 amide bonds. The number of carboxylic acids is 2. The van der Waals surface area contributed by atoms with Crippen LogP contribution in [0.1, 0.15) is 28.6 Å². The second kappa shape index (κ2) is 10.0. The van der Waals surface area contributed by atoms with Crippen LogP contribution >= 0.6 is 0 Å². The molecule has 11 nitrogen and oxygen atoms in total. The van der Waals surface area contributed by atoms with Gasteiger partial charge in [0.2, 0.25) is 5.91 Å². The van der Waals surface area contributed by atoms with E-state index in [-0.39, 0.29) is 34.9 Å². The van der Waals surface area contributed by atoms with Crippen molar-refractivity contribution in [1.82, 2.24) is 5.32 Å². The van der Waals surface area contributed by atoms with E-state index in [0.717, 1.165) is 18.4 Å². The fourth-order valence-corrected chi connectivity index (χ4v) is 2.43. The summed E-state index contributed by atoms with van der Waals surface area (Å²) in [5.74, 6) is -7.21. The van der Waals surface area contributed by atoms with Crippen LogP contribution in [-0.2, 0) is 20.8 Å². The minimum Gasteiger partial charge on any atom is -0.478 e. The van der Waals surface area contributed by atoms with E-state index < -0.39 is 41.2 Å². The predicted molar refractivity (Wildman–Crippen MR) is 105 cm³/mol. The molecule has 32 heavy (non-hydrogen) atoms. The van der Waals surface area contributed by atoms with Crippen molar-refractivity contribution in [2.24, 2.45) is 11.7 Å². The Morgan fingerprint density at radius 3 is 2.50 bits per heavy atom. The highest BCUT2D eigenvalue weighted by molar-refractivity contribution is 5.98. The van der Waals surface area contributed by atoms with Crippen molar-refractivity contribution in [3.8, 4) is 5.75 Å². The molecule has 1 heterocycles. The number of furan rings is 1. The zero-order chi connectivity index (χ0) is 24.0. The van der Waals surface area contributed by atoms with Crippen LogP contribution in [-0.4, -0.2) is 39.9 Å². The summed E-state index contributed by atoms with van der Waals surface area (Å²) in [5, 5.41) is 26.8. The molecule has 6 N–H and O–H groups in total. The third kappa shape index (κ3) is 6.26. The van der Waals surface area contributed by atoms with Gasteiger partial charge in [-0.1, -0.05) is 6.92 Å². The van der Waals surface area contributed by atoms with Crippen molar-refractivity contribution in [1.29, 1.82) is 5.41 Å². The van der Waals surface area contributed by atoms with E-state index in [4.69, 9.17) is 30.5 Å². The maximum absolute atomic E-state index is 14.0. The van der Waals surface area contributed by atoms with Gasteiger partial charge in [-0.25, -0.2) is 18.8 Å². The summed E-state index contributed by atoms with van der Waals surface area (Å²) < 4.78 is 24.2. The van der Waals surface area contributed by atoms with Crippen molar-refractivity contribution in [2.45, 2.75) is 13.3 Å². The van der Waals surface area contributed by atoms with Crippen molar-refractivity contribution < 1.29 is 42.9 Å². The number of nitrogens with two attached hydrogens (primary N) is 1. The summed E-state index contributed by atoms with van der Waals surface area (Å²) in [6, 6.07) is 4.65. The van der Waals surface area contributed by atoms with E-state index in [1.165, 1.54) is 19.1 Å². The first-order valence-electron chi connectivity index (χ1n) is 8.90. The van der Waals surface area contributed by atoms with E-state index in [9.17, 15) is 23.6 Å². The number of benzene rings is 1. The van der Waals surface area contributed by atoms with Gasteiger partial charge >= 0.3 is 17.9 Å². The molecule has 0 fully saturated rings. The lowest BCUT2D eigenvalue weighted by Crippen LogP contribution is -2.33. The molecule has 2 rings (SSSR count). The third-order valence-electron chi connectivity index (χ3n) is 4.05. The second-order valence-corrected chi connectivity index (χ2v) is 6.55. The molecular weight excluding hydrogens is 429 g/mol. The van der Waals surface area contributed by atoms with Gasteiger partial charge in [0.25, 0.3) is 0 Å². The summed E-state index contributed by atoms with van der Waals surface area (Å²) in [5.41, 5.74) is 4.50. The van der Waals surface area contributed by atoms with Gasteiger partial charge < -0.3 is 30.4 Å². The Morgan fingerprint density at radius 2 is 1.94 bits per heavy atom. The van der Waals surface area contributed by atoms with E-state index >= 15 is 0 Å². The molecular formula is C20H18FN3O8. The molecule has 0 aliphatic carbocycles. The zero-order valence-corrected chi connectivity index (χ0v) is 16.5. The molecule has 1 aromatic carbocycles. The molecule has 0 bridgehead atoms. The molecule has 0 aliphatic rings. The summed E-state index contributed by atoms with van der Waals surface area (Å²) in [7, 11) is 0. The highest BCUT2D eigenvalue weighted by Crippen LogP contribution is 2.21. The molecule has 0 saturated heterocycles. The molecule has 0 saturated carbocycles. The van der Waals surface area contributed by atoms with Crippen LogP contribution in [0.5, 0.6) is 5.75 Å². The van der Waals surface area contributed by atoms with Gasteiger partial charge in [0.1, 0.15) is 23.6 Å². The van der Waals surface area contributed by atoms with Gasteiger partial charge in [0, 0.05) is 17.9 Å². The number of nitrogens with one attached hydrogen (secondary N) is 2. The Balaban J connectivity index is 2.03.